The van der Waals surface area contributed by atoms with Crippen molar-refractivity contribution in [2.75, 3.05) is 11.1 Å². The lowest BCUT2D eigenvalue weighted by atomic mass is 10.1. The highest BCUT2D eigenvalue weighted by Crippen LogP contribution is 2.29. The molecule has 0 radical (unpaired) electrons. The van der Waals surface area contributed by atoms with Crippen LogP contribution < -0.4 is 11.1 Å². The molecular formula is C14H10F4N2O. The second kappa shape index (κ2) is 5.43. The van der Waals surface area contributed by atoms with Gasteiger partial charge in [0.05, 0.1) is 16.9 Å². The minimum Gasteiger partial charge on any atom is -0.397 e. The van der Waals surface area contributed by atoms with E-state index >= 15 is 0 Å². The third-order valence-corrected chi connectivity index (χ3v) is 2.74. The van der Waals surface area contributed by atoms with Crippen molar-refractivity contribution in [1.82, 2.24) is 0 Å². The fraction of sp³-hybridized carbons (Fsp3) is 0.0714. The highest BCUT2D eigenvalue weighted by atomic mass is 19.4. The van der Waals surface area contributed by atoms with Crippen LogP contribution in [-0.4, -0.2) is 5.91 Å². The van der Waals surface area contributed by atoms with Crippen molar-refractivity contribution in [2.24, 2.45) is 0 Å². The van der Waals surface area contributed by atoms with Crippen molar-refractivity contribution in [3.05, 3.63) is 59.4 Å². The van der Waals surface area contributed by atoms with Crippen LogP contribution in [0.2, 0.25) is 0 Å². The van der Waals surface area contributed by atoms with Gasteiger partial charge in [-0.05, 0) is 42.5 Å². The molecule has 21 heavy (non-hydrogen) atoms. The van der Waals surface area contributed by atoms with E-state index in [2.05, 4.69) is 5.32 Å². The van der Waals surface area contributed by atoms with E-state index in [0.717, 1.165) is 36.4 Å². The number of nitrogens with one attached hydrogen (secondary N) is 1. The molecular weight excluding hydrogens is 288 g/mol. The smallest absolute Gasteiger partial charge is 0.397 e. The van der Waals surface area contributed by atoms with Gasteiger partial charge in [-0.1, -0.05) is 0 Å². The number of halogens is 4. The summed E-state index contributed by atoms with van der Waals surface area (Å²) >= 11 is 0. The van der Waals surface area contributed by atoms with E-state index in [1.165, 1.54) is 6.07 Å². The Morgan fingerprint density at radius 2 is 1.67 bits per heavy atom. The fourth-order valence-electron chi connectivity index (χ4n) is 1.64. The SMILES string of the molecule is Nc1ccc(F)cc1NC(=O)c1ccc(C(F)(F)F)cc1. The molecule has 0 heterocycles. The Hall–Kier alpha value is -2.57. The van der Waals surface area contributed by atoms with E-state index in [1.807, 2.05) is 0 Å². The summed E-state index contributed by atoms with van der Waals surface area (Å²) in [6.45, 7) is 0. The number of nitrogen functional groups attached to an aromatic ring is 1. The first-order valence-electron chi connectivity index (χ1n) is 5.81. The van der Waals surface area contributed by atoms with Crippen LogP contribution in [0.4, 0.5) is 28.9 Å². The van der Waals surface area contributed by atoms with Gasteiger partial charge in [-0.25, -0.2) is 4.39 Å². The molecule has 7 heteroatoms. The highest BCUT2D eigenvalue weighted by molar-refractivity contribution is 6.05. The van der Waals surface area contributed by atoms with Gasteiger partial charge < -0.3 is 11.1 Å². The monoisotopic (exact) mass is 298 g/mol. The molecule has 3 N–H and O–H groups in total. The molecule has 0 unspecified atom stereocenters. The topological polar surface area (TPSA) is 55.1 Å². The summed E-state index contributed by atoms with van der Waals surface area (Å²) < 4.78 is 50.3. The van der Waals surface area contributed by atoms with Crippen LogP contribution in [0.15, 0.2) is 42.5 Å². The van der Waals surface area contributed by atoms with Crippen molar-refractivity contribution in [1.29, 1.82) is 0 Å². The number of carbonyl (C=O) groups excluding carboxylic acids is 1. The van der Waals surface area contributed by atoms with Crippen LogP contribution in [0, 0.1) is 5.82 Å². The molecule has 1 amide bonds. The number of anilines is 2. The van der Waals surface area contributed by atoms with Crippen molar-refractivity contribution >= 4 is 17.3 Å². The van der Waals surface area contributed by atoms with E-state index in [1.54, 1.807) is 0 Å². The summed E-state index contributed by atoms with van der Waals surface area (Å²) in [5, 5.41) is 2.34. The zero-order valence-electron chi connectivity index (χ0n) is 10.5. The number of amides is 1. The molecule has 0 spiro atoms. The zero-order valence-corrected chi connectivity index (χ0v) is 10.5. The Kier molecular flexibility index (Phi) is 3.84. The molecule has 0 saturated heterocycles. The molecule has 0 saturated carbocycles. The third-order valence-electron chi connectivity index (χ3n) is 2.74. The molecule has 0 aliphatic heterocycles. The van der Waals surface area contributed by atoms with Crippen LogP contribution in [0.5, 0.6) is 0 Å². The summed E-state index contributed by atoms with van der Waals surface area (Å²) in [5.41, 5.74) is 4.92. The molecule has 110 valence electrons. The van der Waals surface area contributed by atoms with Gasteiger partial charge in [0.15, 0.2) is 0 Å². The second-order valence-corrected chi connectivity index (χ2v) is 4.26. The largest absolute Gasteiger partial charge is 0.416 e. The molecule has 2 aromatic carbocycles. The normalized spacial score (nSPS) is 11.2. The summed E-state index contributed by atoms with van der Waals surface area (Å²) in [6, 6.07) is 7.09. The standard InChI is InChI=1S/C14H10F4N2O/c15-10-5-6-11(19)12(7-10)20-13(21)8-1-3-9(4-2-8)14(16,17)18/h1-7H,19H2,(H,20,21). The first-order chi connectivity index (χ1) is 9.77. The van der Waals surface area contributed by atoms with Crippen LogP contribution >= 0.6 is 0 Å². The van der Waals surface area contributed by atoms with E-state index in [0.29, 0.717) is 0 Å². The Morgan fingerprint density at radius 1 is 1.05 bits per heavy atom. The maximum Gasteiger partial charge on any atom is 0.416 e. The Labute approximate surface area is 117 Å². The van der Waals surface area contributed by atoms with Crippen molar-refractivity contribution < 1.29 is 22.4 Å². The van der Waals surface area contributed by atoms with Crippen molar-refractivity contribution in [3.8, 4) is 0 Å². The molecule has 0 aliphatic rings. The summed E-state index contributed by atoms with van der Waals surface area (Å²) in [5.74, 6) is -1.27. The first-order valence-corrected chi connectivity index (χ1v) is 5.81. The van der Waals surface area contributed by atoms with Gasteiger partial charge in [-0.3, -0.25) is 4.79 Å². The van der Waals surface area contributed by atoms with E-state index in [9.17, 15) is 22.4 Å². The van der Waals surface area contributed by atoms with Gasteiger partial charge in [-0.15, -0.1) is 0 Å². The van der Waals surface area contributed by atoms with E-state index < -0.39 is 23.5 Å². The Balaban J connectivity index is 2.19. The number of nitrogens with two attached hydrogens (primary N) is 1. The van der Waals surface area contributed by atoms with Gasteiger partial charge in [0.2, 0.25) is 0 Å². The maximum absolute atomic E-state index is 13.1. The van der Waals surface area contributed by atoms with E-state index in [-0.39, 0.29) is 16.9 Å². The fourth-order valence-corrected chi connectivity index (χ4v) is 1.64. The summed E-state index contributed by atoms with van der Waals surface area (Å²) in [6.07, 6.45) is -4.47. The average Bonchev–Trinajstić information content (AvgIpc) is 2.42. The van der Waals surface area contributed by atoms with Crippen LogP contribution in [0.3, 0.4) is 0 Å². The predicted octanol–water partition coefficient (Wildman–Crippen LogP) is 3.68. The van der Waals surface area contributed by atoms with Crippen LogP contribution in [-0.2, 0) is 6.18 Å². The number of hydrogen-bond donors (Lipinski definition) is 2. The average molecular weight is 298 g/mol. The number of carbonyl (C=O) groups is 1. The number of benzene rings is 2. The van der Waals surface area contributed by atoms with Crippen molar-refractivity contribution in [2.45, 2.75) is 6.18 Å². The van der Waals surface area contributed by atoms with Crippen molar-refractivity contribution in [3.63, 3.8) is 0 Å². The van der Waals surface area contributed by atoms with Gasteiger partial charge in [0.1, 0.15) is 5.82 Å². The highest BCUT2D eigenvalue weighted by Gasteiger charge is 2.30. The summed E-state index contributed by atoms with van der Waals surface area (Å²) in [4.78, 5) is 11.9. The molecule has 0 bridgehead atoms. The molecule has 0 fully saturated rings. The Bertz CT molecular complexity index is 666. The summed E-state index contributed by atoms with van der Waals surface area (Å²) in [7, 11) is 0. The van der Waals surface area contributed by atoms with Gasteiger partial charge in [0, 0.05) is 5.56 Å². The lowest BCUT2D eigenvalue weighted by Crippen LogP contribution is -2.14. The second-order valence-electron chi connectivity index (χ2n) is 4.26. The lowest BCUT2D eigenvalue weighted by molar-refractivity contribution is -0.137. The molecule has 2 aromatic rings. The Morgan fingerprint density at radius 3 is 2.24 bits per heavy atom. The zero-order chi connectivity index (χ0) is 15.6. The molecule has 0 atom stereocenters. The predicted molar refractivity (Wildman–Crippen MR) is 70.2 cm³/mol. The van der Waals surface area contributed by atoms with Gasteiger partial charge in [0.25, 0.3) is 5.91 Å². The number of rotatable bonds is 2. The van der Waals surface area contributed by atoms with Crippen LogP contribution in [0.25, 0.3) is 0 Å². The number of hydrogen-bond acceptors (Lipinski definition) is 2. The minimum atomic E-state index is -4.47. The van der Waals surface area contributed by atoms with Gasteiger partial charge in [-0.2, -0.15) is 13.2 Å². The third kappa shape index (κ3) is 3.50. The molecule has 2 rings (SSSR count). The van der Waals surface area contributed by atoms with Crippen LogP contribution in [0.1, 0.15) is 15.9 Å². The lowest BCUT2D eigenvalue weighted by Gasteiger charge is -2.10. The minimum absolute atomic E-state index is 0.00617. The van der Waals surface area contributed by atoms with Gasteiger partial charge >= 0.3 is 6.18 Å². The first kappa shape index (κ1) is 14.8. The quantitative estimate of drug-likeness (QED) is 0.656. The van der Waals surface area contributed by atoms with E-state index in [4.69, 9.17) is 5.73 Å². The number of alkyl halides is 3. The molecule has 0 aromatic heterocycles. The molecule has 3 nitrogen and oxygen atoms in total. The molecule has 0 aliphatic carbocycles. The maximum atomic E-state index is 13.1.